The van der Waals surface area contributed by atoms with E-state index in [9.17, 15) is 9.18 Å². The minimum absolute atomic E-state index is 0.0772. The number of halogens is 2. The summed E-state index contributed by atoms with van der Waals surface area (Å²) in [6.45, 7) is 4.30. The Bertz CT molecular complexity index is 886. The maximum Gasteiger partial charge on any atom is 0.287 e. The molecule has 0 saturated heterocycles. The number of nitrogens with one attached hydrogen (secondary N) is 1. The van der Waals surface area contributed by atoms with Crippen LogP contribution in [0.2, 0.25) is 0 Å². The summed E-state index contributed by atoms with van der Waals surface area (Å²) in [6.07, 6.45) is 0. The number of fused-ring (bicyclic) bond motifs is 1. The average molecular weight is 390 g/mol. The number of hydrogen-bond donors (Lipinski definition) is 1. The lowest BCUT2D eigenvalue weighted by Crippen LogP contribution is -2.27. The van der Waals surface area contributed by atoms with Crippen LogP contribution in [0.5, 0.6) is 0 Å². The van der Waals surface area contributed by atoms with E-state index in [2.05, 4.69) is 21.2 Å². The van der Waals surface area contributed by atoms with Crippen LogP contribution in [-0.2, 0) is 0 Å². The molecule has 0 fully saturated rings. The standard InChI is InChI=1S/C19H17BrFNO2/c1-11(13-3-6-15(21)7-4-13)10-22-19(23)18-12(2)16-8-5-14(20)9-17(16)24-18/h3-9,11H,10H2,1-2H3,(H,22,23). The third-order valence-corrected chi connectivity index (χ3v) is 4.61. The largest absolute Gasteiger partial charge is 0.451 e. The van der Waals surface area contributed by atoms with Gasteiger partial charge in [-0.05, 0) is 48.7 Å². The molecular weight excluding hydrogens is 373 g/mol. The average Bonchev–Trinajstić information content (AvgIpc) is 2.89. The predicted octanol–water partition coefficient (Wildman–Crippen LogP) is 5.18. The molecule has 0 bridgehead atoms. The monoisotopic (exact) mass is 389 g/mol. The summed E-state index contributed by atoms with van der Waals surface area (Å²) in [5.74, 6) is -0.101. The smallest absolute Gasteiger partial charge is 0.287 e. The lowest BCUT2D eigenvalue weighted by molar-refractivity contribution is 0.0925. The van der Waals surface area contributed by atoms with E-state index in [1.807, 2.05) is 32.0 Å². The Hall–Kier alpha value is -2.14. The van der Waals surface area contributed by atoms with Crippen molar-refractivity contribution in [3.8, 4) is 0 Å². The molecule has 3 nitrogen and oxygen atoms in total. The van der Waals surface area contributed by atoms with E-state index in [1.54, 1.807) is 12.1 Å². The molecule has 0 aliphatic carbocycles. The van der Waals surface area contributed by atoms with Gasteiger partial charge in [0.1, 0.15) is 11.4 Å². The number of rotatable bonds is 4. The molecule has 1 heterocycles. The van der Waals surface area contributed by atoms with Crippen LogP contribution in [0.25, 0.3) is 11.0 Å². The zero-order valence-electron chi connectivity index (χ0n) is 13.4. The number of hydrogen-bond acceptors (Lipinski definition) is 2. The molecule has 1 N–H and O–H groups in total. The topological polar surface area (TPSA) is 42.2 Å². The third-order valence-electron chi connectivity index (χ3n) is 4.11. The van der Waals surface area contributed by atoms with Crippen molar-refractivity contribution in [3.05, 3.63) is 69.6 Å². The second-order valence-electron chi connectivity index (χ2n) is 5.86. The van der Waals surface area contributed by atoms with E-state index in [4.69, 9.17) is 4.42 Å². The molecular formula is C19H17BrFNO2. The summed E-state index contributed by atoms with van der Waals surface area (Å²) in [4.78, 5) is 12.4. The molecule has 1 amide bonds. The molecule has 24 heavy (non-hydrogen) atoms. The Balaban J connectivity index is 1.73. The van der Waals surface area contributed by atoms with Gasteiger partial charge in [-0.3, -0.25) is 4.79 Å². The number of benzene rings is 2. The Morgan fingerprint density at radius 3 is 2.67 bits per heavy atom. The van der Waals surface area contributed by atoms with Crippen molar-refractivity contribution in [2.24, 2.45) is 0 Å². The highest BCUT2D eigenvalue weighted by atomic mass is 79.9. The first kappa shape index (κ1) is 16.7. The summed E-state index contributed by atoms with van der Waals surface area (Å²) in [6, 6.07) is 12.0. The Morgan fingerprint density at radius 2 is 1.96 bits per heavy atom. The van der Waals surface area contributed by atoms with Gasteiger partial charge < -0.3 is 9.73 Å². The molecule has 0 saturated carbocycles. The molecule has 1 aromatic heterocycles. The van der Waals surface area contributed by atoms with Gasteiger partial charge in [0.15, 0.2) is 5.76 Å². The zero-order valence-corrected chi connectivity index (χ0v) is 15.0. The van der Waals surface area contributed by atoms with Crippen molar-refractivity contribution in [2.45, 2.75) is 19.8 Å². The molecule has 0 radical (unpaired) electrons. The van der Waals surface area contributed by atoms with Crippen LogP contribution in [-0.4, -0.2) is 12.5 Å². The van der Waals surface area contributed by atoms with Crippen LogP contribution in [0.15, 0.2) is 51.4 Å². The molecule has 0 aliphatic rings. The third kappa shape index (κ3) is 3.36. The van der Waals surface area contributed by atoms with Crippen molar-refractivity contribution < 1.29 is 13.6 Å². The van der Waals surface area contributed by atoms with Crippen molar-refractivity contribution in [3.63, 3.8) is 0 Å². The number of carbonyl (C=O) groups excluding carboxylic acids is 1. The van der Waals surface area contributed by atoms with E-state index in [1.165, 1.54) is 12.1 Å². The maximum absolute atomic E-state index is 13.0. The fraction of sp³-hybridized carbons (Fsp3) is 0.211. The summed E-state index contributed by atoms with van der Waals surface area (Å²) in [7, 11) is 0. The Labute approximate surface area is 148 Å². The van der Waals surface area contributed by atoms with Crippen LogP contribution in [0.3, 0.4) is 0 Å². The Kier molecular flexibility index (Phi) is 4.71. The molecule has 0 spiro atoms. The normalized spacial score (nSPS) is 12.3. The molecule has 2 aromatic carbocycles. The molecule has 124 valence electrons. The molecule has 1 atom stereocenters. The van der Waals surface area contributed by atoms with Gasteiger partial charge in [-0.25, -0.2) is 4.39 Å². The van der Waals surface area contributed by atoms with Gasteiger partial charge in [0.25, 0.3) is 5.91 Å². The quantitative estimate of drug-likeness (QED) is 0.667. The number of aryl methyl sites for hydroxylation is 1. The van der Waals surface area contributed by atoms with Crippen LogP contribution < -0.4 is 5.32 Å². The lowest BCUT2D eigenvalue weighted by atomic mass is 10.0. The fourth-order valence-electron chi connectivity index (χ4n) is 2.65. The summed E-state index contributed by atoms with van der Waals surface area (Å²) >= 11 is 3.40. The van der Waals surface area contributed by atoms with E-state index in [-0.39, 0.29) is 17.6 Å². The number of amides is 1. The van der Waals surface area contributed by atoms with Crippen molar-refractivity contribution >= 4 is 32.8 Å². The summed E-state index contributed by atoms with van der Waals surface area (Å²) < 4.78 is 19.6. The minimum atomic E-state index is -0.265. The molecule has 0 aliphatic heterocycles. The van der Waals surface area contributed by atoms with E-state index < -0.39 is 0 Å². The first-order chi connectivity index (χ1) is 11.5. The van der Waals surface area contributed by atoms with Crippen LogP contribution in [0.1, 0.15) is 34.5 Å². The summed E-state index contributed by atoms with van der Waals surface area (Å²) in [5, 5.41) is 3.82. The Morgan fingerprint density at radius 1 is 1.25 bits per heavy atom. The zero-order chi connectivity index (χ0) is 17.3. The van der Waals surface area contributed by atoms with Crippen molar-refractivity contribution in [2.75, 3.05) is 6.54 Å². The summed E-state index contributed by atoms with van der Waals surface area (Å²) in [5.41, 5.74) is 2.48. The fourth-order valence-corrected chi connectivity index (χ4v) is 2.99. The van der Waals surface area contributed by atoms with Crippen molar-refractivity contribution in [1.29, 1.82) is 0 Å². The van der Waals surface area contributed by atoms with E-state index in [0.29, 0.717) is 17.9 Å². The first-order valence-corrected chi connectivity index (χ1v) is 8.47. The first-order valence-electron chi connectivity index (χ1n) is 7.68. The van der Waals surface area contributed by atoms with Gasteiger partial charge in [0.05, 0.1) is 0 Å². The highest BCUT2D eigenvalue weighted by Crippen LogP contribution is 2.28. The molecule has 1 unspecified atom stereocenters. The van der Waals surface area contributed by atoms with Gasteiger partial charge in [0.2, 0.25) is 0 Å². The predicted molar refractivity (Wildman–Crippen MR) is 95.8 cm³/mol. The van der Waals surface area contributed by atoms with Gasteiger partial charge in [0, 0.05) is 22.0 Å². The maximum atomic E-state index is 13.0. The van der Waals surface area contributed by atoms with Gasteiger partial charge in [-0.2, -0.15) is 0 Å². The van der Waals surface area contributed by atoms with E-state index in [0.717, 1.165) is 21.0 Å². The molecule has 3 aromatic rings. The minimum Gasteiger partial charge on any atom is -0.451 e. The lowest BCUT2D eigenvalue weighted by Gasteiger charge is -2.12. The molecule has 3 rings (SSSR count). The number of carbonyl (C=O) groups is 1. The highest BCUT2D eigenvalue weighted by molar-refractivity contribution is 9.10. The van der Waals surface area contributed by atoms with Gasteiger partial charge in [-0.15, -0.1) is 0 Å². The van der Waals surface area contributed by atoms with Crippen LogP contribution >= 0.6 is 15.9 Å². The second-order valence-corrected chi connectivity index (χ2v) is 6.77. The SMILES string of the molecule is Cc1c(C(=O)NCC(C)c2ccc(F)cc2)oc2cc(Br)ccc12. The van der Waals surface area contributed by atoms with Crippen LogP contribution in [0, 0.1) is 12.7 Å². The highest BCUT2D eigenvalue weighted by Gasteiger charge is 2.18. The molecule has 5 heteroatoms. The number of furan rings is 1. The van der Waals surface area contributed by atoms with E-state index >= 15 is 0 Å². The van der Waals surface area contributed by atoms with Crippen molar-refractivity contribution in [1.82, 2.24) is 5.32 Å². The van der Waals surface area contributed by atoms with Crippen LogP contribution in [0.4, 0.5) is 4.39 Å². The van der Waals surface area contributed by atoms with Gasteiger partial charge >= 0.3 is 0 Å². The van der Waals surface area contributed by atoms with Gasteiger partial charge in [-0.1, -0.05) is 35.0 Å². The second kappa shape index (κ2) is 6.77.